The highest BCUT2D eigenvalue weighted by atomic mass is 16.5. The number of hydrogen-bond acceptors (Lipinski definition) is 5. The standard InChI is InChI=1S/C13H14N4O2/c1-16(2)10-6-7-11(12(18)9-10)14-15-13-5-3-4-8-17(13)19/h3-9,19H,1-2H3/b14-11?,15-13+. The molecule has 0 saturated carbocycles. The van der Waals surface area contributed by atoms with Crippen molar-refractivity contribution in [2.75, 3.05) is 14.1 Å². The van der Waals surface area contributed by atoms with Gasteiger partial charge in [0.15, 0.2) is 5.49 Å². The number of allylic oxidation sites excluding steroid dienone is 3. The summed E-state index contributed by atoms with van der Waals surface area (Å²) in [5.41, 5.74) is 1.29. The molecule has 1 aliphatic carbocycles. The van der Waals surface area contributed by atoms with E-state index in [1.165, 1.54) is 12.3 Å². The van der Waals surface area contributed by atoms with E-state index in [1.54, 1.807) is 30.4 Å². The van der Waals surface area contributed by atoms with Gasteiger partial charge < -0.3 is 10.1 Å². The van der Waals surface area contributed by atoms with Crippen molar-refractivity contribution in [2.45, 2.75) is 0 Å². The predicted octanol–water partition coefficient (Wildman–Crippen LogP) is 0.566. The van der Waals surface area contributed by atoms with Crippen molar-refractivity contribution < 1.29 is 10.0 Å². The van der Waals surface area contributed by atoms with Gasteiger partial charge in [0.25, 0.3) is 0 Å². The zero-order valence-corrected chi connectivity index (χ0v) is 10.7. The van der Waals surface area contributed by atoms with Gasteiger partial charge in [0, 0.05) is 32.1 Å². The summed E-state index contributed by atoms with van der Waals surface area (Å²) < 4.78 is 0.835. The average molecular weight is 258 g/mol. The zero-order chi connectivity index (χ0) is 13.8. The Morgan fingerprint density at radius 2 is 2.00 bits per heavy atom. The highest BCUT2D eigenvalue weighted by Gasteiger charge is 2.12. The van der Waals surface area contributed by atoms with E-state index in [4.69, 9.17) is 0 Å². The van der Waals surface area contributed by atoms with Gasteiger partial charge in [-0.2, -0.15) is 4.73 Å². The highest BCUT2D eigenvalue weighted by molar-refractivity contribution is 6.48. The van der Waals surface area contributed by atoms with Crippen molar-refractivity contribution in [3.63, 3.8) is 0 Å². The van der Waals surface area contributed by atoms with E-state index >= 15 is 0 Å². The maximum atomic E-state index is 11.8. The summed E-state index contributed by atoms with van der Waals surface area (Å²) in [7, 11) is 3.71. The number of carbonyl (C=O) groups is 1. The van der Waals surface area contributed by atoms with Crippen LogP contribution in [0.4, 0.5) is 0 Å². The number of ketones is 1. The molecule has 6 heteroatoms. The average Bonchev–Trinajstić information content (AvgIpc) is 2.39. The molecule has 0 saturated heterocycles. The first-order valence-electron chi connectivity index (χ1n) is 5.68. The Morgan fingerprint density at radius 1 is 1.21 bits per heavy atom. The summed E-state index contributed by atoms with van der Waals surface area (Å²) >= 11 is 0. The summed E-state index contributed by atoms with van der Waals surface area (Å²) in [5.74, 6) is -0.213. The van der Waals surface area contributed by atoms with Crippen molar-refractivity contribution in [1.29, 1.82) is 0 Å². The first kappa shape index (κ1) is 12.8. The summed E-state index contributed by atoms with van der Waals surface area (Å²) in [6, 6.07) is 4.96. The molecule has 6 nitrogen and oxygen atoms in total. The lowest BCUT2D eigenvalue weighted by molar-refractivity contribution is -0.108. The number of rotatable bonds is 2. The Labute approximate surface area is 110 Å². The van der Waals surface area contributed by atoms with Gasteiger partial charge in [-0.25, -0.2) is 0 Å². The van der Waals surface area contributed by atoms with Gasteiger partial charge >= 0.3 is 0 Å². The fourth-order valence-electron chi connectivity index (χ4n) is 1.47. The molecule has 0 amide bonds. The van der Waals surface area contributed by atoms with Gasteiger partial charge in [-0.05, 0) is 24.3 Å². The fourth-order valence-corrected chi connectivity index (χ4v) is 1.47. The molecule has 0 fully saturated rings. The van der Waals surface area contributed by atoms with Gasteiger partial charge in [-0.15, -0.1) is 10.2 Å². The van der Waals surface area contributed by atoms with Crippen LogP contribution in [0, 0.1) is 0 Å². The van der Waals surface area contributed by atoms with Crippen LogP contribution in [0.1, 0.15) is 0 Å². The van der Waals surface area contributed by atoms with Crippen LogP contribution in [0.15, 0.2) is 58.5 Å². The van der Waals surface area contributed by atoms with Gasteiger partial charge in [0.1, 0.15) is 5.71 Å². The Balaban J connectivity index is 2.29. The second-order valence-electron chi connectivity index (χ2n) is 4.15. The Hall–Kier alpha value is -2.63. The van der Waals surface area contributed by atoms with Crippen LogP contribution < -0.4 is 5.49 Å². The predicted molar refractivity (Wildman–Crippen MR) is 70.5 cm³/mol. The van der Waals surface area contributed by atoms with Crippen molar-refractivity contribution in [3.05, 3.63) is 53.8 Å². The van der Waals surface area contributed by atoms with Crippen LogP contribution in [0.5, 0.6) is 0 Å². The van der Waals surface area contributed by atoms with Gasteiger partial charge in [0.2, 0.25) is 5.78 Å². The SMILES string of the molecule is CN(C)C1=CC(=O)C(=N/N=c2\ccccn2O)C=C1. The van der Waals surface area contributed by atoms with Gasteiger partial charge in [-0.3, -0.25) is 4.79 Å². The monoisotopic (exact) mass is 258 g/mol. The third-order valence-electron chi connectivity index (χ3n) is 2.54. The molecular formula is C13H14N4O2. The van der Waals surface area contributed by atoms with Crippen LogP contribution >= 0.6 is 0 Å². The molecule has 1 aromatic rings. The lowest BCUT2D eigenvalue weighted by Crippen LogP contribution is -2.20. The minimum absolute atomic E-state index is 0.213. The second-order valence-corrected chi connectivity index (χ2v) is 4.15. The molecule has 0 aliphatic heterocycles. The maximum absolute atomic E-state index is 11.8. The smallest absolute Gasteiger partial charge is 0.208 e. The zero-order valence-electron chi connectivity index (χ0n) is 10.7. The minimum atomic E-state index is -0.213. The van der Waals surface area contributed by atoms with Crippen molar-refractivity contribution in [1.82, 2.24) is 9.63 Å². The Bertz CT molecular complexity index is 651. The molecule has 0 radical (unpaired) electrons. The van der Waals surface area contributed by atoms with Crippen LogP contribution in [0.25, 0.3) is 0 Å². The van der Waals surface area contributed by atoms with Crippen LogP contribution in [0.2, 0.25) is 0 Å². The van der Waals surface area contributed by atoms with Gasteiger partial charge in [-0.1, -0.05) is 6.07 Å². The van der Waals surface area contributed by atoms with E-state index in [9.17, 15) is 10.0 Å². The third kappa shape index (κ3) is 2.98. The normalized spacial score (nSPS) is 17.8. The molecule has 2 rings (SSSR count). The lowest BCUT2D eigenvalue weighted by atomic mass is 10.1. The molecule has 1 heterocycles. The molecule has 19 heavy (non-hydrogen) atoms. The van der Waals surface area contributed by atoms with E-state index in [0.717, 1.165) is 10.4 Å². The molecule has 0 atom stereocenters. The molecular weight excluding hydrogens is 244 g/mol. The second kappa shape index (κ2) is 5.34. The van der Waals surface area contributed by atoms with Gasteiger partial charge in [0.05, 0.1) is 0 Å². The third-order valence-corrected chi connectivity index (χ3v) is 2.54. The molecule has 98 valence electrons. The summed E-state index contributed by atoms with van der Waals surface area (Å²) in [4.78, 5) is 13.6. The van der Waals surface area contributed by atoms with E-state index in [-0.39, 0.29) is 17.0 Å². The number of nitrogens with zero attached hydrogens (tertiary/aromatic N) is 4. The summed E-state index contributed by atoms with van der Waals surface area (Å²) in [5, 5.41) is 17.1. The van der Waals surface area contributed by atoms with Crippen molar-refractivity contribution >= 4 is 11.5 Å². The molecule has 0 aromatic carbocycles. The van der Waals surface area contributed by atoms with E-state index in [0.29, 0.717) is 0 Å². The first-order valence-corrected chi connectivity index (χ1v) is 5.68. The van der Waals surface area contributed by atoms with Crippen LogP contribution in [0.3, 0.4) is 0 Å². The Kier molecular flexibility index (Phi) is 3.61. The quantitative estimate of drug-likeness (QED) is 0.479. The molecule has 1 aliphatic rings. The van der Waals surface area contributed by atoms with E-state index < -0.39 is 0 Å². The van der Waals surface area contributed by atoms with E-state index in [2.05, 4.69) is 10.2 Å². The number of hydrogen-bond donors (Lipinski definition) is 1. The fraction of sp³-hybridized carbons (Fsp3) is 0.154. The minimum Gasteiger partial charge on any atom is -0.427 e. The Morgan fingerprint density at radius 3 is 2.63 bits per heavy atom. The van der Waals surface area contributed by atoms with Crippen molar-refractivity contribution in [3.8, 4) is 0 Å². The maximum Gasteiger partial charge on any atom is 0.208 e. The number of pyridine rings is 1. The number of likely N-dealkylation sites (N-methyl/N-ethyl adjacent to an activating group) is 1. The molecule has 0 unspecified atom stereocenters. The van der Waals surface area contributed by atoms with E-state index in [1.807, 2.05) is 19.0 Å². The summed E-state index contributed by atoms with van der Waals surface area (Å²) in [6.07, 6.45) is 6.31. The summed E-state index contributed by atoms with van der Waals surface area (Å²) in [6.45, 7) is 0. The highest BCUT2D eigenvalue weighted by Crippen LogP contribution is 2.07. The molecule has 0 bridgehead atoms. The van der Waals surface area contributed by atoms with Crippen LogP contribution in [-0.2, 0) is 4.79 Å². The number of aromatic nitrogens is 1. The topological polar surface area (TPSA) is 70.2 Å². The molecule has 1 N–H and O–H groups in total. The number of carbonyl (C=O) groups excluding carboxylic acids is 1. The first-order chi connectivity index (χ1) is 9.08. The van der Waals surface area contributed by atoms with Crippen molar-refractivity contribution in [2.24, 2.45) is 10.2 Å². The van der Waals surface area contributed by atoms with Crippen LogP contribution in [-0.4, -0.2) is 40.4 Å². The molecule has 0 spiro atoms. The lowest BCUT2D eigenvalue weighted by Gasteiger charge is -2.15. The largest absolute Gasteiger partial charge is 0.427 e. The molecule has 1 aromatic heterocycles.